The molecule has 1 aliphatic rings. The van der Waals surface area contributed by atoms with Crippen LogP contribution in [0.15, 0.2) is 0 Å². The van der Waals surface area contributed by atoms with Gasteiger partial charge >= 0.3 is 5.97 Å². The van der Waals surface area contributed by atoms with E-state index >= 15 is 0 Å². The summed E-state index contributed by atoms with van der Waals surface area (Å²) in [4.78, 5) is 23.1. The summed E-state index contributed by atoms with van der Waals surface area (Å²) in [7, 11) is 0. The lowest BCUT2D eigenvalue weighted by Crippen LogP contribution is -2.47. The molecule has 5 heteroatoms. The number of amides is 1. The zero-order valence-corrected chi connectivity index (χ0v) is 12.3. The molecule has 1 fully saturated rings. The van der Waals surface area contributed by atoms with E-state index in [4.69, 9.17) is 9.47 Å². The molecular formula is C14H25NO4. The van der Waals surface area contributed by atoms with E-state index in [1.165, 1.54) is 0 Å². The van der Waals surface area contributed by atoms with Gasteiger partial charge in [-0.25, -0.2) is 0 Å². The number of nitrogens with one attached hydrogen (secondary N) is 1. The summed E-state index contributed by atoms with van der Waals surface area (Å²) in [6.07, 6.45) is 2.33. The van der Waals surface area contributed by atoms with Crippen LogP contribution in [0.3, 0.4) is 0 Å². The van der Waals surface area contributed by atoms with Gasteiger partial charge in [-0.2, -0.15) is 0 Å². The van der Waals surface area contributed by atoms with Crippen molar-refractivity contribution in [3.63, 3.8) is 0 Å². The molecule has 0 radical (unpaired) electrons. The van der Waals surface area contributed by atoms with E-state index in [1.54, 1.807) is 0 Å². The SMILES string of the molecule is CCOC1CC(NC(=O)CCC(=O)OC(C)(C)C)C1. The second-order valence-electron chi connectivity index (χ2n) is 5.90. The summed E-state index contributed by atoms with van der Waals surface area (Å²) >= 11 is 0. The standard InChI is InChI=1S/C14H25NO4/c1-5-18-11-8-10(9-11)15-12(16)6-7-13(17)19-14(2,3)4/h10-11H,5-9H2,1-4H3,(H,15,16). The minimum atomic E-state index is -0.494. The van der Waals surface area contributed by atoms with Gasteiger partial charge in [-0.1, -0.05) is 0 Å². The van der Waals surface area contributed by atoms with Gasteiger partial charge in [-0.15, -0.1) is 0 Å². The smallest absolute Gasteiger partial charge is 0.306 e. The minimum Gasteiger partial charge on any atom is -0.460 e. The van der Waals surface area contributed by atoms with Crippen molar-refractivity contribution in [3.05, 3.63) is 0 Å². The van der Waals surface area contributed by atoms with Gasteiger partial charge in [0.05, 0.1) is 12.5 Å². The van der Waals surface area contributed by atoms with E-state index in [0.717, 1.165) is 12.8 Å². The number of hydrogen-bond acceptors (Lipinski definition) is 4. The lowest BCUT2D eigenvalue weighted by Gasteiger charge is -2.35. The molecule has 1 amide bonds. The molecule has 0 aromatic heterocycles. The molecule has 5 nitrogen and oxygen atoms in total. The first-order valence-electron chi connectivity index (χ1n) is 6.93. The average Bonchev–Trinajstić information content (AvgIpc) is 2.21. The van der Waals surface area contributed by atoms with Crippen molar-refractivity contribution >= 4 is 11.9 Å². The predicted octanol–water partition coefficient (Wildman–Crippen LogP) is 1.79. The van der Waals surface area contributed by atoms with E-state index in [1.807, 2.05) is 27.7 Å². The van der Waals surface area contributed by atoms with Crippen molar-refractivity contribution in [2.45, 2.75) is 71.1 Å². The molecule has 0 bridgehead atoms. The van der Waals surface area contributed by atoms with Gasteiger partial charge in [0.1, 0.15) is 5.60 Å². The van der Waals surface area contributed by atoms with Crippen LogP contribution in [0.5, 0.6) is 0 Å². The van der Waals surface area contributed by atoms with Gasteiger partial charge in [0, 0.05) is 19.1 Å². The van der Waals surface area contributed by atoms with Gasteiger partial charge in [0.2, 0.25) is 5.91 Å². The summed E-state index contributed by atoms with van der Waals surface area (Å²) < 4.78 is 10.6. The molecule has 0 aliphatic heterocycles. The van der Waals surface area contributed by atoms with Crippen LogP contribution in [-0.2, 0) is 19.1 Å². The summed E-state index contributed by atoms with van der Waals surface area (Å²) in [6.45, 7) is 8.12. The van der Waals surface area contributed by atoms with E-state index in [0.29, 0.717) is 6.61 Å². The van der Waals surface area contributed by atoms with Crippen molar-refractivity contribution < 1.29 is 19.1 Å². The Morgan fingerprint density at radius 3 is 2.37 bits per heavy atom. The molecule has 19 heavy (non-hydrogen) atoms. The molecule has 0 aromatic rings. The molecule has 0 aromatic carbocycles. The van der Waals surface area contributed by atoms with E-state index in [9.17, 15) is 9.59 Å². The number of ether oxygens (including phenoxy) is 2. The van der Waals surface area contributed by atoms with Gasteiger partial charge in [0.15, 0.2) is 0 Å². The third-order valence-corrected chi connectivity index (χ3v) is 2.84. The third kappa shape index (κ3) is 6.57. The number of esters is 1. The number of rotatable bonds is 6. The maximum absolute atomic E-state index is 11.6. The van der Waals surface area contributed by atoms with Gasteiger partial charge in [0.25, 0.3) is 0 Å². The molecule has 1 saturated carbocycles. The fraction of sp³-hybridized carbons (Fsp3) is 0.857. The highest BCUT2D eigenvalue weighted by Gasteiger charge is 2.30. The Hall–Kier alpha value is -1.10. The summed E-state index contributed by atoms with van der Waals surface area (Å²) in [5.41, 5.74) is -0.494. The normalized spacial score (nSPS) is 22.5. The van der Waals surface area contributed by atoms with Crippen molar-refractivity contribution in [2.24, 2.45) is 0 Å². The van der Waals surface area contributed by atoms with Gasteiger partial charge < -0.3 is 14.8 Å². The molecule has 0 heterocycles. The van der Waals surface area contributed by atoms with E-state index in [2.05, 4.69) is 5.32 Å². The topological polar surface area (TPSA) is 64.6 Å². The second-order valence-corrected chi connectivity index (χ2v) is 5.90. The van der Waals surface area contributed by atoms with Crippen LogP contribution in [0.2, 0.25) is 0 Å². The van der Waals surface area contributed by atoms with E-state index < -0.39 is 5.60 Å². The largest absolute Gasteiger partial charge is 0.460 e. The third-order valence-electron chi connectivity index (χ3n) is 2.84. The van der Waals surface area contributed by atoms with Crippen LogP contribution < -0.4 is 5.32 Å². The number of carbonyl (C=O) groups excluding carboxylic acids is 2. The first kappa shape index (κ1) is 16.0. The van der Waals surface area contributed by atoms with Crippen LogP contribution in [0.25, 0.3) is 0 Å². The summed E-state index contributed by atoms with van der Waals surface area (Å²) in [5.74, 6) is -0.422. The first-order chi connectivity index (χ1) is 8.80. The van der Waals surface area contributed by atoms with Crippen molar-refractivity contribution in [3.8, 4) is 0 Å². The highest BCUT2D eigenvalue weighted by atomic mass is 16.6. The van der Waals surface area contributed by atoms with Crippen LogP contribution in [-0.4, -0.2) is 36.2 Å². The number of hydrogen-bond donors (Lipinski definition) is 1. The van der Waals surface area contributed by atoms with Crippen molar-refractivity contribution in [1.82, 2.24) is 5.32 Å². The fourth-order valence-corrected chi connectivity index (χ4v) is 1.96. The van der Waals surface area contributed by atoms with Crippen LogP contribution in [0.4, 0.5) is 0 Å². The van der Waals surface area contributed by atoms with Crippen LogP contribution in [0, 0.1) is 0 Å². The maximum Gasteiger partial charge on any atom is 0.306 e. The van der Waals surface area contributed by atoms with Crippen LogP contribution in [0.1, 0.15) is 53.4 Å². The Bertz CT molecular complexity index is 316. The molecule has 0 unspecified atom stereocenters. The quantitative estimate of drug-likeness (QED) is 0.748. The second kappa shape index (κ2) is 6.89. The Kier molecular flexibility index (Phi) is 5.79. The van der Waals surface area contributed by atoms with Gasteiger partial charge in [-0.05, 0) is 40.5 Å². The molecule has 0 saturated heterocycles. The first-order valence-corrected chi connectivity index (χ1v) is 6.93. The lowest BCUT2D eigenvalue weighted by atomic mass is 9.89. The Labute approximate surface area is 115 Å². The average molecular weight is 271 g/mol. The fourth-order valence-electron chi connectivity index (χ4n) is 1.96. The molecule has 110 valence electrons. The van der Waals surface area contributed by atoms with Crippen molar-refractivity contribution in [2.75, 3.05) is 6.61 Å². The number of carbonyl (C=O) groups is 2. The molecule has 0 atom stereocenters. The minimum absolute atomic E-state index is 0.0918. The summed E-state index contributed by atoms with van der Waals surface area (Å²) in [5, 5.41) is 2.90. The monoisotopic (exact) mass is 271 g/mol. The molecule has 1 rings (SSSR count). The van der Waals surface area contributed by atoms with Crippen LogP contribution >= 0.6 is 0 Å². The maximum atomic E-state index is 11.6. The Balaban J connectivity index is 2.11. The molecular weight excluding hydrogens is 246 g/mol. The Morgan fingerprint density at radius 1 is 1.21 bits per heavy atom. The molecule has 1 aliphatic carbocycles. The van der Waals surface area contributed by atoms with Gasteiger partial charge in [-0.3, -0.25) is 9.59 Å². The predicted molar refractivity (Wildman–Crippen MR) is 71.7 cm³/mol. The van der Waals surface area contributed by atoms with Crippen molar-refractivity contribution in [1.29, 1.82) is 0 Å². The molecule has 0 spiro atoms. The summed E-state index contributed by atoms with van der Waals surface area (Å²) in [6, 6.07) is 0.197. The highest BCUT2D eigenvalue weighted by Crippen LogP contribution is 2.23. The zero-order valence-electron chi connectivity index (χ0n) is 12.3. The Morgan fingerprint density at radius 2 is 1.84 bits per heavy atom. The molecule has 1 N–H and O–H groups in total. The van der Waals surface area contributed by atoms with E-state index in [-0.39, 0.29) is 36.9 Å². The zero-order chi connectivity index (χ0) is 14.5. The highest BCUT2D eigenvalue weighted by molar-refractivity contribution is 5.81. The lowest BCUT2D eigenvalue weighted by molar-refractivity contribution is -0.155.